The molecule has 0 bridgehead atoms. The van der Waals surface area contributed by atoms with Crippen LogP contribution in [0.3, 0.4) is 0 Å². The van der Waals surface area contributed by atoms with Crippen LogP contribution >= 0.6 is 0 Å². The Morgan fingerprint density at radius 2 is 1.62 bits per heavy atom. The lowest BCUT2D eigenvalue weighted by Crippen LogP contribution is -2.22. The molecule has 2 aromatic carbocycles. The third-order valence-electron chi connectivity index (χ3n) is 3.59. The predicted octanol–water partition coefficient (Wildman–Crippen LogP) is 3.52. The first-order chi connectivity index (χ1) is 10.0. The number of methoxy groups -OCH3 is 1. The summed E-state index contributed by atoms with van der Waals surface area (Å²) in [6, 6.07) is 12.4. The first kappa shape index (κ1) is 15.2. The molecule has 112 valence electrons. The first-order valence-corrected chi connectivity index (χ1v) is 6.93. The molecule has 0 heterocycles. The van der Waals surface area contributed by atoms with Gasteiger partial charge >= 0.3 is 0 Å². The van der Waals surface area contributed by atoms with Gasteiger partial charge < -0.3 is 20.3 Å². The molecular formula is C17H21NO3. The van der Waals surface area contributed by atoms with E-state index in [1.54, 1.807) is 13.2 Å². The maximum Gasteiger partial charge on any atom is 0.120 e. The van der Waals surface area contributed by atoms with Crippen molar-refractivity contribution in [3.63, 3.8) is 0 Å². The fraction of sp³-hybridized carbons (Fsp3) is 0.294. The Balaban J connectivity index is 2.10. The molecule has 0 fully saturated rings. The van der Waals surface area contributed by atoms with E-state index in [0.29, 0.717) is 5.56 Å². The van der Waals surface area contributed by atoms with E-state index in [4.69, 9.17) is 4.74 Å². The summed E-state index contributed by atoms with van der Waals surface area (Å²) in [5.74, 6) is 1.15. The minimum Gasteiger partial charge on any atom is -0.508 e. The van der Waals surface area contributed by atoms with Gasteiger partial charge in [0.15, 0.2) is 0 Å². The van der Waals surface area contributed by atoms with Crippen LogP contribution in [0.1, 0.15) is 37.1 Å². The zero-order chi connectivity index (χ0) is 15.4. The number of hydrogen-bond acceptors (Lipinski definition) is 4. The summed E-state index contributed by atoms with van der Waals surface area (Å²) < 4.78 is 5.15. The fourth-order valence-electron chi connectivity index (χ4n) is 2.34. The number of phenols is 2. The van der Waals surface area contributed by atoms with Crippen LogP contribution in [0, 0.1) is 0 Å². The van der Waals surface area contributed by atoms with E-state index in [0.717, 1.165) is 11.3 Å². The molecule has 1 unspecified atom stereocenters. The van der Waals surface area contributed by atoms with Crippen molar-refractivity contribution >= 4 is 0 Å². The zero-order valence-electron chi connectivity index (χ0n) is 12.5. The van der Waals surface area contributed by atoms with Crippen LogP contribution in [0.15, 0.2) is 42.5 Å². The van der Waals surface area contributed by atoms with Gasteiger partial charge in [-0.05, 0) is 49.7 Å². The van der Waals surface area contributed by atoms with Crippen LogP contribution in [-0.2, 0) is 0 Å². The second-order valence-corrected chi connectivity index (χ2v) is 5.13. The van der Waals surface area contributed by atoms with Gasteiger partial charge in [-0.2, -0.15) is 0 Å². The highest BCUT2D eigenvalue weighted by Gasteiger charge is 2.14. The quantitative estimate of drug-likeness (QED) is 0.736. The van der Waals surface area contributed by atoms with Gasteiger partial charge in [-0.15, -0.1) is 0 Å². The van der Waals surface area contributed by atoms with Crippen molar-refractivity contribution in [2.75, 3.05) is 7.11 Å². The summed E-state index contributed by atoms with van der Waals surface area (Å²) in [4.78, 5) is 0. The molecule has 0 aromatic heterocycles. The number of aromatic hydroxyl groups is 2. The van der Waals surface area contributed by atoms with Crippen molar-refractivity contribution in [2.45, 2.75) is 25.9 Å². The highest BCUT2D eigenvalue weighted by molar-refractivity contribution is 5.40. The third kappa shape index (κ3) is 3.67. The van der Waals surface area contributed by atoms with Crippen molar-refractivity contribution in [3.8, 4) is 17.2 Å². The van der Waals surface area contributed by atoms with Gasteiger partial charge in [-0.1, -0.05) is 12.1 Å². The Hall–Kier alpha value is -2.20. The van der Waals surface area contributed by atoms with Gasteiger partial charge in [0.05, 0.1) is 7.11 Å². The van der Waals surface area contributed by atoms with E-state index >= 15 is 0 Å². The molecule has 0 saturated heterocycles. The van der Waals surface area contributed by atoms with E-state index in [1.807, 2.05) is 31.2 Å². The highest BCUT2D eigenvalue weighted by atomic mass is 16.5. The Labute approximate surface area is 125 Å². The normalized spacial score (nSPS) is 13.7. The number of rotatable bonds is 5. The molecule has 0 spiro atoms. The summed E-state index contributed by atoms with van der Waals surface area (Å²) in [6.07, 6.45) is 0. The Bertz CT molecular complexity index is 595. The minimum atomic E-state index is -0.0887. The Morgan fingerprint density at radius 1 is 0.952 bits per heavy atom. The van der Waals surface area contributed by atoms with E-state index in [-0.39, 0.29) is 23.6 Å². The molecule has 0 saturated carbocycles. The van der Waals surface area contributed by atoms with Gasteiger partial charge in [0, 0.05) is 17.6 Å². The van der Waals surface area contributed by atoms with Crippen molar-refractivity contribution in [1.29, 1.82) is 0 Å². The molecule has 0 amide bonds. The standard InChI is InChI=1S/C17H21NO3/c1-11(13-4-7-15(21-3)8-5-13)18-12(2)16-10-14(19)6-9-17(16)20/h4-12,18-20H,1-3H3/t11-,12?/m1/s1. The maximum atomic E-state index is 9.89. The smallest absolute Gasteiger partial charge is 0.120 e. The SMILES string of the molecule is COc1ccc([C@@H](C)NC(C)c2cc(O)ccc2O)cc1. The summed E-state index contributed by atoms with van der Waals surface area (Å²) in [5, 5.41) is 22.8. The van der Waals surface area contributed by atoms with Crippen LogP contribution in [0.5, 0.6) is 17.2 Å². The number of benzene rings is 2. The summed E-state index contributed by atoms with van der Waals surface area (Å²) in [6.45, 7) is 4.01. The molecule has 2 rings (SSSR count). The largest absolute Gasteiger partial charge is 0.508 e. The average Bonchev–Trinajstić information content (AvgIpc) is 2.49. The summed E-state index contributed by atoms with van der Waals surface area (Å²) in [5.41, 5.74) is 1.80. The topological polar surface area (TPSA) is 61.7 Å². The van der Waals surface area contributed by atoms with Crippen LogP contribution in [0.2, 0.25) is 0 Å². The molecule has 0 radical (unpaired) electrons. The van der Waals surface area contributed by atoms with E-state index < -0.39 is 0 Å². The number of phenolic OH excluding ortho intramolecular Hbond substituents is 2. The number of nitrogens with one attached hydrogen (secondary N) is 1. The average molecular weight is 287 g/mol. The second kappa shape index (κ2) is 6.50. The third-order valence-corrected chi connectivity index (χ3v) is 3.59. The van der Waals surface area contributed by atoms with Gasteiger partial charge in [0.2, 0.25) is 0 Å². The summed E-state index contributed by atoms with van der Waals surface area (Å²) in [7, 11) is 1.64. The lowest BCUT2D eigenvalue weighted by molar-refractivity contribution is 0.413. The lowest BCUT2D eigenvalue weighted by Gasteiger charge is -2.21. The van der Waals surface area contributed by atoms with Gasteiger partial charge in [0.1, 0.15) is 17.2 Å². The van der Waals surface area contributed by atoms with Gasteiger partial charge in [0.25, 0.3) is 0 Å². The van der Waals surface area contributed by atoms with Crippen molar-refractivity contribution in [2.24, 2.45) is 0 Å². The van der Waals surface area contributed by atoms with Crippen molar-refractivity contribution in [3.05, 3.63) is 53.6 Å². The molecule has 0 aliphatic carbocycles. The minimum absolute atomic E-state index is 0.0887. The maximum absolute atomic E-state index is 9.89. The van der Waals surface area contributed by atoms with Crippen LogP contribution in [0.25, 0.3) is 0 Å². The molecule has 3 N–H and O–H groups in total. The zero-order valence-corrected chi connectivity index (χ0v) is 12.5. The highest BCUT2D eigenvalue weighted by Crippen LogP contribution is 2.29. The fourth-order valence-corrected chi connectivity index (χ4v) is 2.34. The molecule has 21 heavy (non-hydrogen) atoms. The molecule has 0 aliphatic heterocycles. The molecule has 4 nitrogen and oxygen atoms in total. The van der Waals surface area contributed by atoms with Gasteiger partial charge in [-0.3, -0.25) is 0 Å². The van der Waals surface area contributed by atoms with Crippen LogP contribution < -0.4 is 10.1 Å². The second-order valence-electron chi connectivity index (χ2n) is 5.13. The predicted molar refractivity (Wildman–Crippen MR) is 82.7 cm³/mol. The van der Waals surface area contributed by atoms with Gasteiger partial charge in [-0.25, -0.2) is 0 Å². The van der Waals surface area contributed by atoms with E-state index in [1.165, 1.54) is 12.1 Å². The monoisotopic (exact) mass is 287 g/mol. The Kier molecular flexibility index (Phi) is 4.70. The van der Waals surface area contributed by atoms with E-state index in [9.17, 15) is 10.2 Å². The van der Waals surface area contributed by atoms with Crippen molar-refractivity contribution in [1.82, 2.24) is 5.32 Å². The molecule has 2 aromatic rings. The van der Waals surface area contributed by atoms with Crippen molar-refractivity contribution < 1.29 is 14.9 Å². The van der Waals surface area contributed by atoms with Crippen LogP contribution in [0.4, 0.5) is 0 Å². The first-order valence-electron chi connectivity index (χ1n) is 6.93. The molecule has 2 atom stereocenters. The lowest BCUT2D eigenvalue weighted by atomic mass is 10.0. The molecular weight excluding hydrogens is 266 g/mol. The van der Waals surface area contributed by atoms with Crippen LogP contribution in [-0.4, -0.2) is 17.3 Å². The summed E-state index contributed by atoms with van der Waals surface area (Å²) >= 11 is 0. The molecule has 4 heteroatoms. The molecule has 0 aliphatic rings. The van der Waals surface area contributed by atoms with E-state index in [2.05, 4.69) is 12.2 Å². The Morgan fingerprint density at radius 3 is 2.24 bits per heavy atom. The number of hydrogen-bond donors (Lipinski definition) is 3. The number of ether oxygens (including phenoxy) is 1.